The van der Waals surface area contributed by atoms with Gasteiger partial charge in [0.25, 0.3) is 11.8 Å². The molecule has 0 atom stereocenters. The van der Waals surface area contributed by atoms with E-state index in [2.05, 4.69) is 4.74 Å². The molecule has 2 saturated heterocycles. The van der Waals surface area contributed by atoms with Gasteiger partial charge in [-0.05, 0) is 74.9 Å². The fraction of sp³-hybridized carbons (Fsp3) is 0.407. The first-order valence-corrected chi connectivity index (χ1v) is 12.0. The number of amides is 2. The van der Waals surface area contributed by atoms with Crippen molar-refractivity contribution in [3.63, 3.8) is 0 Å². The minimum atomic E-state index is -1.00. The number of methoxy groups -OCH3 is 1. The summed E-state index contributed by atoms with van der Waals surface area (Å²) in [5.74, 6) is -1.48. The van der Waals surface area contributed by atoms with Gasteiger partial charge in [0.1, 0.15) is 0 Å². The van der Waals surface area contributed by atoms with Gasteiger partial charge in [0.15, 0.2) is 0 Å². The summed E-state index contributed by atoms with van der Waals surface area (Å²) >= 11 is 0. The molecule has 0 aliphatic carbocycles. The molecule has 0 bridgehead atoms. The fourth-order valence-electron chi connectivity index (χ4n) is 4.24. The molecule has 0 aromatic heterocycles. The number of carbonyl (C=O) groups is 4. The summed E-state index contributed by atoms with van der Waals surface area (Å²) in [5, 5.41) is 8.88. The number of likely N-dealkylation sites (tertiary alicyclic amines) is 2. The van der Waals surface area contributed by atoms with Crippen molar-refractivity contribution in [2.45, 2.75) is 38.5 Å². The summed E-state index contributed by atoms with van der Waals surface area (Å²) in [6.45, 7) is 3.16. The molecule has 10 heteroatoms. The van der Waals surface area contributed by atoms with E-state index in [-0.39, 0.29) is 41.7 Å². The molecule has 2 aromatic rings. The molecular weight excluding hydrogens is 471 g/mol. The number of esters is 1. The van der Waals surface area contributed by atoms with Crippen molar-refractivity contribution in [3.8, 4) is 0 Å². The van der Waals surface area contributed by atoms with Gasteiger partial charge in [0.2, 0.25) is 0 Å². The molecular formula is C27H33LiN2O7. The van der Waals surface area contributed by atoms with Crippen LogP contribution in [0.1, 0.15) is 80.0 Å². The van der Waals surface area contributed by atoms with Gasteiger partial charge in [0.05, 0.1) is 18.2 Å². The molecule has 9 nitrogen and oxygen atoms in total. The van der Waals surface area contributed by atoms with E-state index in [0.29, 0.717) is 16.7 Å². The van der Waals surface area contributed by atoms with E-state index in [4.69, 9.17) is 5.11 Å². The van der Waals surface area contributed by atoms with Gasteiger partial charge in [-0.25, -0.2) is 9.59 Å². The molecule has 0 radical (unpaired) electrons. The van der Waals surface area contributed by atoms with Crippen molar-refractivity contribution in [1.29, 1.82) is 0 Å². The first kappa shape index (κ1) is 31.9. The molecule has 2 fully saturated rings. The summed E-state index contributed by atoms with van der Waals surface area (Å²) in [6, 6.07) is 12.9. The average Bonchev–Trinajstić information content (AvgIpc) is 2.93. The maximum atomic E-state index is 12.2. The molecule has 2 aliphatic rings. The van der Waals surface area contributed by atoms with E-state index in [0.717, 1.165) is 51.9 Å². The van der Waals surface area contributed by atoms with Crippen molar-refractivity contribution in [3.05, 3.63) is 70.8 Å². The Morgan fingerprint density at radius 3 is 1.46 bits per heavy atom. The summed E-state index contributed by atoms with van der Waals surface area (Å²) in [4.78, 5) is 50.2. The number of ether oxygens (including phenoxy) is 1. The molecule has 194 valence electrons. The van der Waals surface area contributed by atoms with Gasteiger partial charge in [-0.2, -0.15) is 0 Å². The van der Waals surface area contributed by atoms with Gasteiger partial charge < -0.3 is 25.1 Å². The number of carbonyl (C=O) groups excluding carboxylic acids is 3. The zero-order chi connectivity index (χ0) is 25.2. The van der Waals surface area contributed by atoms with E-state index >= 15 is 0 Å². The number of piperidine rings is 2. The molecule has 2 heterocycles. The van der Waals surface area contributed by atoms with E-state index < -0.39 is 11.9 Å². The Morgan fingerprint density at radius 1 is 0.676 bits per heavy atom. The van der Waals surface area contributed by atoms with Gasteiger partial charge in [0, 0.05) is 37.3 Å². The van der Waals surface area contributed by atoms with Gasteiger partial charge in [-0.15, -0.1) is 0 Å². The van der Waals surface area contributed by atoms with E-state index in [9.17, 15) is 19.2 Å². The Labute approximate surface area is 229 Å². The zero-order valence-corrected chi connectivity index (χ0v) is 21.5. The van der Waals surface area contributed by atoms with Crippen molar-refractivity contribution in [1.82, 2.24) is 9.80 Å². The number of carboxylic acids is 1. The number of hydrogen-bond acceptors (Lipinski definition) is 6. The minimum Gasteiger partial charge on any atom is -0.870 e. The second-order valence-corrected chi connectivity index (χ2v) is 8.66. The fourth-order valence-corrected chi connectivity index (χ4v) is 4.24. The Kier molecular flexibility index (Phi) is 13.7. The first-order chi connectivity index (χ1) is 16.9. The quantitative estimate of drug-likeness (QED) is 0.484. The average molecular weight is 505 g/mol. The molecule has 37 heavy (non-hydrogen) atoms. The van der Waals surface area contributed by atoms with Crippen LogP contribution in [-0.2, 0) is 4.74 Å². The maximum Gasteiger partial charge on any atom is 1.00 e. The third-order valence-electron chi connectivity index (χ3n) is 6.17. The van der Waals surface area contributed by atoms with Crippen LogP contribution in [0.15, 0.2) is 48.5 Å². The SMILES string of the molecule is COC(=O)c1cccc(C(=O)N2CCCCC2)c1.O=C(O)c1cccc(C(=O)N2CCCCC2)c1.[Li+].[OH-]. The number of rotatable bonds is 4. The molecule has 2 aromatic carbocycles. The van der Waals surface area contributed by atoms with Crippen LogP contribution in [-0.4, -0.2) is 77.4 Å². The Balaban J connectivity index is 0.000000351. The molecule has 0 unspecified atom stereocenters. The summed E-state index contributed by atoms with van der Waals surface area (Å²) in [6.07, 6.45) is 6.53. The van der Waals surface area contributed by atoms with E-state index in [1.54, 1.807) is 41.3 Å². The topological polar surface area (TPSA) is 134 Å². The number of aromatic carboxylic acids is 1. The van der Waals surface area contributed by atoms with Crippen LogP contribution < -0.4 is 18.9 Å². The second-order valence-electron chi connectivity index (χ2n) is 8.66. The van der Waals surface area contributed by atoms with Crippen LogP contribution in [0.5, 0.6) is 0 Å². The largest absolute Gasteiger partial charge is 1.00 e. The molecule has 2 amide bonds. The molecule has 4 rings (SSSR count). The summed E-state index contributed by atoms with van der Waals surface area (Å²) < 4.78 is 4.65. The van der Waals surface area contributed by atoms with Crippen molar-refractivity contribution in [2.75, 3.05) is 33.3 Å². The minimum absolute atomic E-state index is 0. The smallest absolute Gasteiger partial charge is 0.870 e. The summed E-state index contributed by atoms with van der Waals surface area (Å²) in [7, 11) is 1.33. The standard InChI is InChI=1S/C14H17NO3.C13H15NO3.Li.H2O/c1-18-14(17)12-7-5-6-11(10-12)13(16)15-8-3-2-4-9-15;15-12(14-7-2-1-3-8-14)10-5-4-6-11(9-10)13(16)17;;/h5-7,10H,2-4,8-9H2,1H3;4-6,9H,1-3,7-8H2,(H,16,17);;1H2/q;;+1;/p-1. The van der Waals surface area contributed by atoms with Gasteiger partial charge in [-0.1, -0.05) is 12.1 Å². The second kappa shape index (κ2) is 15.9. The van der Waals surface area contributed by atoms with Crippen molar-refractivity contribution < 1.29 is 53.4 Å². The molecule has 2 N–H and O–H groups in total. The van der Waals surface area contributed by atoms with Crippen LogP contribution in [0.2, 0.25) is 0 Å². The van der Waals surface area contributed by atoms with E-state index in [1.807, 2.05) is 4.90 Å². The normalized spacial score (nSPS) is 14.6. The molecule has 0 saturated carbocycles. The number of carboxylic acid groups (broad SMARTS) is 1. The monoisotopic (exact) mass is 504 g/mol. The van der Waals surface area contributed by atoms with Crippen LogP contribution in [0.4, 0.5) is 0 Å². The van der Waals surface area contributed by atoms with Gasteiger partial charge >= 0.3 is 30.8 Å². The van der Waals surface area contributed by atoms with Crippen LogP contribution >= 0.6 is 0 Å². The first-order valence-electron chi connectivity index (χ1n) is 12.0. The maximum absolute atomic E-state index is 12.2. The Morgan fingerprint density at radius 2 is 1.05 bits per heavy atom. The van der Waals surface area contributed by atoms with E-state index in [1.165, 1.54) is 32.1 Å². The molecule has 0 spiro atoms. The van der Waals surface area contributed by atoms with Crippen LogP contribution in [0, 0.1) is 0 Å². The molecule has 2 aliphatic heterocycles. The predicted molar refractivity (Wildman–Crippen MR) is 133 cm³/mol. The van der Waals surface area contributed by atoms with Crippen LogP contribution in [0.25, 0.3) is 0 Å². The zero-order valence-electron chi connectivity index (χ0n) is 21.5. The Hall–Kier alpha value is -3.12. The summed E-state index contributed by atoms with van der Waals surface area (Å²) in [5.41, 5.74) is 1.60. The Bertz CT molecular complexity index is 1060. The van der Waals surface area contributed by atoms with Crippen molar-refractivity contribution in [2.24, 2.45) is 0 Å². The number of benzene rings is 2. The van der Waals surface area contributed by atoms with Gasteiger partial charge in [-0.3, -0.25) is 9.59 Å². The third kappa shape index (κ3) is 9.04. The number of hydrogen-bond donors (Lipinski definition) is 1. The number of nitrogens with zero attached hydrogens (tertiary/aromatic N) is 2. The van der Waals surface area contributed by atoms with Crippen molar-refractivity contribution >= 4 is 23.8 Å². The van der Waals surface area contributed by atoms with Crippen LogP contribution in [0.3, 0.4) is 0 Å². The third-order valence-corrected chi connectivity index (χ3v) is 6.17. The predicted octanol–water partition coefficient (Wildman–Crippen LogP) is 0.937.